The van der Waals surface area contributed by atoms with Gasteiger partial charge in [0.2, 0.25) is 23.6 Å². The third-order valence-electron chi connectivity index (χ3n) is 9.94. The van der Waals surface area contributed by atoms with Crippen LogP contribution in [0, 0.1) is 5.92 Å². The van der Waals surface area contributed by atoms with E-state index in [9.17, 15) is 42.3 Å². The van der Waals surface area contributed by atoms with Crippen LogP contribution in [0.1, 0.15) is 68.9 Å². The van der Waals surface area contributed by atoms with E-state index in [4.69, 9.17) is 27.1 Å². The number of carbonyl (C=O) groups is 6. The van der Waals surface area contributed by atoms with E-state index in [0.29, 0.717) is 38.1 Å². The van der Waals surface area contributed by atoms with E-state index in [1.165, 1.54) is 0 Å². The highest BCUT2D eigenvalue weighted by atomic mass is 19.4. The molecule has 4 atom stereocenters. The van der Waals surface area contributed by atoms with Gasteiger partial charge in [0.05, 0.1) is 6.04 Å². The predicted octanol–water partition coefficient (Wildman–Crippen LogP) is 1.61. The number of benzene rings is 2. The van der Waals surface area contributed by atoms with E-state index < -0.39 is 65.5 Å². The lowest BCUT2D eigenvalue weighted by Crippen LogP contribution is -2.60. The van der Waals surface area contributed by atoms with E-state index in [1.54, 1.807) is 4.90 Å². The number of nitrogens with one attached hydrogen (secondary N) is 3. The van der Waals surface area contributed by atoms with Gasteiger partial charge in [0, 0.05) is 19.5 Å². The summed E-state index contributed by atoms with van der Waals surface area (Å²) in [4.78, 5) is 76.9. The molecule has 11 N–H and O–H groups in total. The average Bonchev–Trinajstić information content (AvgIpc) is 4.01. The van der Waals surface area contributed by atoms with E-state index in [1.807, 2.05) is 60.7 Å². The van der Waals surface area contributed by atoms with Crippen LogP contribution in [0.15, 0.2) is 60.7 Å². The van der Waals surface area contributed by atoms with Crippen molar-refractivity contribution in [3.05, 3.63) is 71.8 Å². The molecule has 2 aromatic carbocycles. The van der Waals surface area contributed by atoms with Crippen molar-refractivity contribution in [2.45, 2.75) is 107 Å². The Kier molecular flexibility index (Phi) is 17.9. The third kappa shape index (κ3) is 15.8. The Labute approximate surface area is 329 Å². The van der Waals surface area contributed by atoms with Crippen LogP contribution in [0.2, 0.25) is 0 Å². The number of nitrogens with two attached hydrogens (primary N) is 3. The molecule has 4 amide bonds. The van der Waals surface area contributed by atoms with Crippen molar-refractivity contribution in [2.75, 3.05) is 19.6 Å². The van der Waals surface area contributed by atoms with Gasteiger partial charge >= 0.3 is 18.1 Å². The smallest absolute Gasteiger partial charge is 0.480 e. The lowest BCUT2D eigenvalue weighted by Gasteiger charge is -2.38. The Morgan fingerprint density at radius 2 is 1.25 bits per heavy atom. The van der Waals surface area contributed by atoms with Gasteiger partial charge < -0.3 is 48.3 Å². The molecule has 1 heterocycles. The fourth-order valence-electron chi connectivity index (χ4n) is 6.23. The molecular weight excluding hydrogens is 751 g/mol. The maximum absolute atomic E-state index is 13.9. The van der Waals surface area contributed by atoms with Crippen molar-refractivity contribution < 1.29 is 52.2 Å². The molecule has 4 rings (SSSR count). The topological polar surface area (TPSA) is 260 Å². The molecule has 0 bridgehead atoms. The van der Waals surface area contributed by atoms with Gasteiger partial charge in [-0.15, -0.1) is 0 Å². The van der Waals surface area contributed by atoms with Crippen molar-refractivity contribution in [1.29, 1.82) is 0 Å². The molecule has 1 unspecified atom stereocenters. The number of hydrogen-bond donors (Lipinski definition) is 8. The van der Waals surface area contributed by atoms with Gasteiger partial charge in [-0.3, -0.25) is 24.0 Å². The number of carboxylic acids is 2. The highest BCUT2D eigenvalue weighted by molar-refractivity contribution is 5.95. The number of amides is 4. The number of alkyl halides is 3. The molecule has 1 saturated carbocycles. The number of halogens is 3. The summed E-state index contributed by atoms with van der Waals surface area (Å²) >= 11 is 0. The van der Waals surface area contributed by atoms with Crippen molar-refractivity contribution in [1.82, 2.24) is 20.9 Å². The Hall–Kier alpha value is -5.07. The Balaban J connectivity index is 0.00000113. The normalized spacial score (nSPS) is 17.1. The monoisotopic (exact) mass is 805 g/mol. The second kappa shape index (κ2) is 22.0. The average molecular weight is 806 g/mol. The molecule has 1 aliphatic heterocycles. The molecule has 0 aromatic heterocycles. The number of unbranched alkanes of at least 4 members (excludes halogenated alkanes) is 1. The SMILES string of the molecule is NCCCC[C@@H](NC(=O)C(CCC1CC1)NC(=O)[C@@H](Cc1ccccc1)NC(=O)[C@H](N)Cc1ccccc1)C(=O)N1CCC(N)(C(=O)O)CC1.O=C(O)C(F)(F)F. The van der Waals surface area contributed by atoms with Crippen LogP contribution in [0.4, 0.5) is 13.2 Å². The van der Waals surface area contributed by atoms with Gasteiger partial charge in [-0.05, 0) is 75.0 Å². The predicted molar refractivity (Wildman–Crippen MR) is 203 cm³/mol. The summed E-state index contributed by atoms with van der Waals surface area (Å²) in [6, 6.07) is 14.9. The molecule has 18 heteroatoms. The van der Waals surface area contributed by atoms with Crippen LogP contribution in [0.25, 0.3) is 0 Å². The Morgan fingerprint density at radius 1 is 0.754 bits per heavy atom. The van der Waals surface area contributed by atoms with Crippen molar-refractivity contribution in [3.63, 3.8) is 0 Å². The molecule has 15 nitrogen and oxygen atoms in total. The van der Waals surface area contributed by atoms with Crippen molar-refractivity contribution in [3.8, 4) is 0 Å². The number of aliphatic carboxylic acids is 2. The summed E-state index contributed by atoms with van der Waals surface area (Å²) < 4.78 is 31.7. The summed E-state index contributed by atoms with van der Waals surface area (Å²) in [7, 11) is 0. The summed E-state index contributed by atoms with van der Waals surface area (Å²) in [6.07, 6.45) is 0.363. The maximum atomic E-state index is 13.9. The quantitative estimate of drug-likeness (QED) is 0.0947. The molecule has 0 radical (unpaired) electrons. The third-order valence-corrected chi connectivity index (χ3v) is 9.94. The van der Waals surface area contributed by atoms with Crippen LogP contribution in [-0.2, 0) is 41.6 Å². The largest absolute Gasteiger partial charge is 0.490 e. The van der Waals surface area contributed by atoms with E-state index in [0.717, 1.165) is 30.4 Å². The number of nitrogens with zero attached hydrogens (tertiary/aromatic N) is 1. The number of piperidine rings is 1. The number of rotatable bonds is 19. The van der Waals surface area contributed by atoms with Crippen molar-refractivity contribution in [2.24, 2.45) is 23.1 Å². The second-order valence-corrected chi connectivity index (χ2v) is 14.6. The number of carbonyl (C=O) groups excluding carboxylic acids is 4. The minimum absolute atomic E-state index is 0.0984. The van der Waals surface area contributed by atoms with Gasteiger partial charge in [0.15, 0.2) is 0 Å². The molecule has 1 saturated heterocycles. The van der Waals surface area contributed by atoms with Gasteiger partial charge in [-0.1, -0.05) is 73.5 Å². The molecule has 57 heavy (non-hydrogen) atoms. The molecule has 2 aromatic rings. The van der Waals surface area contributed by atoms with Gasteiger partial charge in [0.1, 0.15) is 23.7 Å². The maximum Gasteiger partial charge on any atom is 0.490 e. The highest BCUT2D eigenvalue weighted by Crippen LogP contribution is 2.34. The zero-order valence-corrected chi connectivity index (χ0v) is 31.7. The van der Waals surface area contributed by atoms with E-state index in [2.05, 4.69) is 16.0 Å². The van der Waals surface area contributed by atoms with E-state index >= 15 is 0 Å². The molecule has 2 fully saturated rings. The molecule has 1 aliphatic carbocycles. The summed E-state index contributed by atoms with van der Waals surface area (Å²) in [5, 5.41) is 25.3. The minimum Gasteiger partial charge on any atom is -0.480 e. The summed E-state index contributed by atoms with van der Waals surface area (Å²) in [5.74, 6) is -5.22. The fraction of sp³-hybridized carbons (Fsp3) is 0.538. The zero-order chi connectivity index (χ0) is 42.2. The first kappa shape index (κ1) is 46.3. The first-order valence-corrected chi connectivity index (χ1v) is 19.0. The van der Waals surface area contributed by atoms with Gasteiger partial charge in [-0.25, -0.2) is 4.79 Å². The highest BCUT2D eigenvalue weighted by Gasteiger charge is 2.41. The molecule has 0 spiro atoms. The second-order valence-electron chi connectivity index (χ2n) is 14.6. The first-order chi connectivity index (χ1) is 26.9. The molecule has 2 aliphatic rings. The van der Waals surface area contributed by atoms with Crippen LogP contribution in [0.5, 0.6) is 0 Å². The standard InChI is InChI=1S/C37H53N7O6.C2HF3O2/c38-20-8-7-13-30(35(48)44-21-18-37(40,19-22-44)36(49)50)42-33(46)29(17-16-25-14-15-25)41-34(47)31(24-27-11-5-2-6-12-27)43-32(45)28(39)23-26-9-3-1-4-10-26;3-2(4,5)1(6)7/h1-6,9-12,25,28-31H,7-8,13-24,38-40H2,(H,41,47)(H,42,46)(H,43,45)(H,49,50);(H,6,7)/t28-,29?,30-,31-;/m1./s1. The number of carboxylic acid groups (broad SMARTS) is 2. The molecular formula is C39H54F3N7O8. The van der Waals surface area contributed by atoms with E-state index in [-0.39, 0.29) is 44.7 Å². The van der Waals surface area contributed by atoms with Crippen LogP contribution in [-0.4, -0.2) is 106 Å². The lowest BCUT2D eigenvalue weighted by molar-refractivity contribution is -0.192. The number of hydrogen-bond acceptors (Lipinski definition) is 9. The summed E-state index contributed by atoms with van der Waals surface area (Å²) in [6.45, 7) is 0.733. The molecule has 314 valence electrons. The van der Waals surface area contributed by atoms with Gasteiger partial charge in [-0.2, -0.15) is 13.2 Å². The number of likely N-dealkylation sites (tertiary alicyclic amines) is 1. The Bertz CT molecular complexity index is 1640. The summed E-state index contributed by atoms with van der Waals surface area (Å²) in [5.41, 5.74) is 18.3. The lowest BCUT2D eigenvalue weighted by atomic mass is 9.88. The van der Waals surface area contributed by atoms with Crippen LogP contribution >= 0.6 is 0 Å². The Morgan fingerprint density at radius 3 is 1.74 bits per heavy atom. The van der Waals surface area contributed by atoms with Crippen molar-refractivity contribution >= 4 is 35.6 Å². The zero-order valence-electron chi connectivity index (χ0n) is 31.7. The minimum atomic E-state index is -5.08. The fourth-order valence-corrected chi connectivity index (χ4v) is 6.23. The first-order valence-electron chi connectivity index (χ1n) is 19.0. The van der Waals surface area contributed by atoms with Crippen LogP contribution < -0.4 is 33.2 Å². The van der Waals surface area contributed by atoms with Crippen LogP contribution in [0.3, 0.4) is 0 Å². The van der Waals surface area contributed by atoms with Gasteiger partial charge in [0.25, 0.3) is 0 Å².